The monoisotopic (exact) mass is 814 g/mol. The normalized spacial score (nSPS) is 16.3. The number of nitro benzene ring substituents is 2. The molecule has 1 N–H and O–H groups in total. The van der Waals surface area contributed by atoms with Gasteiger partial charge in [0.15, 0.2) is 0 Å². The van der Waals surface area contributed by atoms with Gasteiger partial charge in [-0.15, -0.1) is 4.68 Å². The van der Waals surface area contributed by atoms with Gasteiger partial charge in [-0.2, -0.15) is 0 Å². The molecule has 2 atom stereocenters. The number of piperazine rings is 1. The van der Waals surface area contributed by atoms with E-state index in [2.05, 4.69) is 20.3 Å². The van der Waals surface area contributed by atoms with Crippen LogP contribution in [0.15, 0.2) is 77.3 Å². The molecule has 310 valence electrons. The number of nitro groups is 2. The standard InChI is InChI=1S/C39H43N9O11/c1-27-24-44(38(50)29-6-3-2-4-7-29)13-14-46(27)39(51)36(49)32-23-41-37-35(32)34(11-12-40-37)59-21-20-57-17-15-45-25-30(42-43-45)26-58-19-18-56-16-5-8-28-9-10-31(47(52)53)22-33(28)48(54)55/h2-4,6-7,9-12,22-23,25,27,30H,5,8,13-21,24,26H2,1H3/p+1/t27-,30?/m1/s1. The van der Waals surface area contributed by atoms with Gasteiger partial charge < -0.3 is 33.7 Å². The number of ether oxygens (including phenoxy) is 4. The second-order valence-electron chi connectivity index (χ2n) is 13.7. The minimum Gasteiger partial charge on any atom is -0.490 e. The largest absolute Gasteiger partial charge is 0.490 e. The van der Waals surface area contributed by atoms with Crippen LogP contribution >= 0.6 is 0 Å². The Balaban J connectivity index is 0.862. The van der Waals surface area contributed by atoms with Crippen LogP contribution in [0.5, 0.6) is 5.75 Å². The van der Waals surface area contributed by atoms with Crippen LogP contribution in [-0.4, -0.2) is 143 Å². The maximum atomic E-state index is 13.6. The molecule has 0 aliphatic carbocycles. The molecule has 2 amide bonds. The molecule has 4 aromatic rings. The summed E-state index contributed by atoms with van der Waals surface area (Å²) in [6, 6.07) is 13.6. The number of hydrogen-bond donors (Lipinski definition) is 1. The van der Waals surface area contributed by atoms with E-state index < -0.39 is 21.5 Å². The maximum Gasteiger partial charge on any atom is 0.295 e. The Morgan fingerprint density at radius 2 is 1.71 bits per heavy atom. The quantitative estimate of drug-likeness (QED) is 0.0316. The summed E-state index contributed by atoms with van der Waals surface area (Å²) in [6.45, 7) is 5.11. The molecule has 2 aromatic carbocycles. The number of non-ortho nitro benzene ring substituents is 1. The number of aromatic amines is 1. The number of hydrogen-bond acceptors (Lipinski definition) is 14. The lowest BCUT2D eigenvalue weighted by atomic mass is 10.1. The smallest absolute Gasteiger partial charge is 0.295 e. The summed E-state index contributed by atoms with van der Waals surface area (Å²) >= 11 is 0. The minimum absolute atomic E-state index is 0.116. The van der Waals surface area contributed by atoms with Crippen molar-refractivity contribution in [3.05, 3.63) is 104 Å². The summed E-state index contributed by atoms with van der Waals surface area (Å²) in [5, 5.41) is 30.9. The molecule has 59 heavy (non-hydrogen) atoms. The van der Waals surface area contributed by atoms with Crippen molar-refractivity contribution in [2.75, 3.05) is 72.4 Å². The van der Waals surface area contributed by atoms with Gasteiger partial charge in [-0.05, 0) is 44.0 Å². The molecule has 1 saturated heterocycles. The average Bonchev–Trinajstić information content (AvgIpc) is 3.90. The minimum atomic E-state index is -0.696. The molecule has 0 bridgehead atoms. The molecular formula is C39H44N9O11+. The van der Waals surface area contributed by atoms with Crippen molar-refractivity contribution < 1.29 is 47.9 Å². The number of nitrogens with zero attached hydrogens (tertiary/aromatic N) is 8. The number of ketones is 1. The molecule has 0 radical (unpaired) electrons. The molecule has 0 saturated carbocycles. The zero-order chi connectivity index (χ0) is 41.7. The van der Waals surface area contributed by atoms with Gasteiger partial charge in [0.2, 0.25) is 6.04 Å². The number of Topliss-reactive ketones (excluding diaryl/α,β-unsaturated/α-hetero) is 1. The third-order valence-corrected chi connectivity index (χ3v) is 9.65. The van der Waals surface area contributed by atoms with Crippen molar-refractivity contribution >= 4 is 46.2 Å². The van der Waals surface area contributed by atoms with E-state index in [1.165, 1.54) is 23.2 Å². The molecule has 2 aliphatic rings. The van der Waals surface area contributed by atoms with Gasteiger partial charge in [0, 0.05) is 67.0 Å². The first-order valence-electron chi connectivity index (χ1n) is 19.1. The Morgan fingerprint density at radius 1 is 0.932 bits per heavy atom. The fourth-order valence-corrected chi connectivity index (χ4v) is 6.67. The van der Waals surface area contributed by atoms with Crippen molar-refractivity contribution in [1.29, 1.82) is 0 Å². The fraction of sp³-hybridized carbons (Fsp3) is 0.410. The van der Waals surface area contributed by atoms with E-state index >= 15 is 0 Å². The van der Waals surface area contributed by atoms with E-state index in [4.69, 9.17) is 18.9 Å². The van der Waals surface area contributed by atoms with E-state index in [9.17, 15) is 34.6 Å². The van der Waals surface area contributed by atoms with Crippen molar-refractivity contribution in [2.45, 2.75) is 31.8 Å². The second kappa shape index (κ2) is 20.3. The SMILES string of the molecule is C[C@@H]1CN(C(=O)c2ccccc2)CCN1C(=O)C(=O)c1c[nH]c2nccc(OCCOCC[N+]3=CC(COCCOCCCc4ccc([N+](=O)[O-])cc4[N+](=O)[O-])N=N3)c12. The number of pyridine rings is 1. The number of H-pyrrole nitrogens is 1. The van der Waals surface area contributed by atoms with Crippen LogP contribution < -0.4 is 4.74 Å². The predicted octanol–water partition coefficient (Wildman–Crippen LogP) is 3.83. The summed E-state index contributed by atoms with van der Waals surface area (Å²) in [7, 11) is 0. The molecule has 4 heterocycles. The number of aryl methyl sites for hydroxylation is 1. The average molecular weight is 815 g/mol. The van der Waals surface area contributed by atoms with E-state index in [1.807, 2.05) is 19.2 Å². The fourth-order valence-electron chi connectivity index (χ4n) is 6.67. The van der Waals surface area contributed by atoms with Crippen LogP contribution in [0.4, 0.5) is 11.4 Å². The Hall–Kier alpha value is -6.51. The first kappa shape index (κ1) is 42.1. The van der Waals surface area contributed by atoms with Crippen molar-refractivity contribution in [3.8, 4) is 5.75 Å². The van der Waals surface area contributed by atoms with Crippen LogP contribution in [0, 0.1) is 20.2 Å². The molecule has 2 aromatic heterocycles. The van der Waals surface area contributed by atoms with E-state index in [0.29, 0.717) is 93.4 Å². The van der Waals surface area contributed by atoms with Gasteiger partial charge >= 0.3 is 0 Å². The lowest BCUT2D eigenvalue weighted by Gasteiger charge is -2.39. The van der Waals surface area contributed by atoms with Gasteiger partial charge in [0.05, 0.1) is 53.3 Å². The predicted molar refractivity (Wildman–Crippen MR) is 210 cm³/mol. The molecule has 2 aliphatic heterocycles. The van der Waals surface area contributed by atoms with Gasteiger partial charge in [0.25, 0.3) is 29.0 Å². The first-order chi connectivity index (χ1) is 28.6. The highest BCUT2D eigenvalue weighted by atomic mass is 16.6. The topological polar surface area (TPSA) is 237 Å². The van der Waals surface area contributed by atoms with Gasteiger partial charge in [-0.1, -0.05) is 18.2 Å². The highest BCUT2D eigenvalue weighted by Crippen LogP contribution is 2.29. The molecule has 1 fully saturated rings. The van der Waals surface area contributed by atoms with E-state index in [0.717, 1.165) is 6.07 Å². The lowest BCUT2D eigenvalue weighted by molar-refractivity contribution is -0.534. The van der Waals surface area contributed by atoms with Crippen molar-refractivity contribution in [2.24, 2.45) is 10.3 Å². The van der Waals surface area contributed by atoms with Crippen molar-refractivity contribution in [3.63, 3.8) is 0 Å². The first-order valence-corrected chi connectivity index (χ1v) is 19.1. The number of rotatable bonds is 21. The number of benzene rings is 2. The Morgan fingerprint density at radius 3 is 2.49 bits per heavy atom. The van der Waals surface area contributed by atoms with Crippen LogP contribution in [0.1, 0.15) is 39.6 Å². The summed E-state index contributed by atoms with van der Waals surface area (Å²) < 4.78 is 24.6. The highest BCUT2D eigenvalue weighted by molar-refractivity contribution is 6.45. The van der Waals surface area contributed by atoms with Crippen LogP contribution in [0.25, 0.3) is 11.0 Å². The Kier molecular flexibility index (Phi) is 14.5. The summed E-state index contributed by atoms with van der Waals surface area (Å²) in [5.74, 6) is -1.09. The second-order valence-corrected chi connectivity index (χ2v) is 13.7. The zero-order valence-electron chi connectivity index (χ0n) is 32.3. The number of carbonyl (C=O) groups excluding carboxylic acids is 3. The Bertz CT molecular complexity index is 2210. The molecule has 6 rings (SSSR count). The van der Waals surface area contributed by atoms with E-state index in [1.54, 1.807) is 46.1 Å². The van der Waals surface area contributed by atoms with Gasteiger partial charge in [-0.3, -0.25) is 34.6 Å². The number of aromatic nitrogens is 2. The maximum absolute atomic E-state index is 13.6. The van der Waals surface area contributed by atoms with Crippen molar-refractivity contribution in [1.82, 2.24) is 19.8 Å². The number of fused-ring (bicyclic) bond motifs is 1. The van der Waals surface area contributed by atoms with Crippen LogP contribution in [0.2, 0.25) is 0 Å². The summed E-state index contributed by atoms with van der Waals surface area (Å²) in [5.41, 5.74) is 0.924. The third-order valence-electron chi connectivity index (χ3n) is 9.65. The summed E-state index contributed by atoms with van der Waals surface area (Å²) in [4.78, 5) is 71.4. The molecular weight excluding hydrogens is 770 g/mol. The zero-order valence-corrected chi connectivity index (χ0v) is 32.3. The highest BCUT2D eigenvalue weighted by Gasteiger charge is 2.35. The summed E-state index contributed by atoms with van der Waals surface area (Å²) in [6.07, 6.45) is 5.66. The molecule has 20 heteroatoms. The van der Waals surface area contributed by atoms with Crippen LogP contribution in [0.3, 0.4) is 0 Å². The third kappa shape index (κ3) is 10.9. The van der Waals surface area contributed by atoms with Crippen LogP contribution in [-0.2, 0) is 25.4 Å². The molecule has 0 spiro atoms. The molecule has 1 unspecified atom stereocenters. The molecule has 20 nitrogen and oxygen atoms in total. The Labute approximate surface area is 337 Å². The van der Waals surface area contributed by atoms with Gasteiger partial charge in [0.1, 0.15) is 42.6 Å². The number of nitrogens with one attached hydrogen (secondary N) is 1. The lowest BCUT2D eigenvalue weighted by Crippen LogP contribution is -2.56. The van der Waals surface area contributed by atoms with Gasteiger partial charge in [-0.25, -0.2) is 4.98 Å². The number of carbonyl (C=O) groups is 3. The number of amides is 2. The van der Waals surface area contributed by atoms with E-state index in [-0.39, 0.29) is 54.7 Å².